The van der Waals surface area contributed by atoms with Crippen molar-refractivity contribution in [3.05, 3.63) is 0 Å². The SMILES string of the molecule is CCSCCC(C)N1C(=O)C(C)NC1C(C)C. The van der Waals surface area contributed by atoms with Crippen molar-refractivity contribution in [1.82, 2.24) is 10.2 Å². The second kappa shape index (κ2) is 6.64. The maximum atomic E-state index is 12.2. The topological polar surface area (TPSA) is 32.3 Å². The fourth-order valence-corrected chi connectivity index (χ4v) is 3.11. The third-order valence-corrected chi connectivity index (χ3v) is 4.27. The van der Waals surface area contributed by atoms with Crippen LogP contribution in [-0.2, 0) is 4.79 Å². The van der Waals surface area contributed by atoms with Gasteiger partial charge in [0.05, 0.1) is 12.2 Å². The first-order valence-corrected chi connectivity index (χ1v) is 7.80. The second-order valence-corrected chi connectivity index (χ2v) is 6.55. The van der Waals surface area contributed by atoms with Gasteiger partial charge in [0, 0.05) is 6.04 Å². The summed E-state index contributed by atoms with van der Waals surface area (Å²) in [5, 5.41) is 3.39. The Hall–Kier alpha value is -0.220. The van der Waals surface area contributed by atoms with E-state index in [1.807, 2.05) is 18.7 Å². The first kappa shape index (κ1) is 14.8. The quantitative estimate of drug-likeness (QED) is 0.742. The number of hydrogen-bond acceptors (Lipinski definition) is 3. The predicted molar refractivity (Wildman–Crippen MR) is 75.1 cm³/mol. The average Bonchev–Trinajstić information content (AvgIpc) is 2.56. The summed E-state index contributed by atoms with van der Waals surface area (Å²) in [5.74, 6) is 3.02. The summed E-state index contributed by atoms with van der Waals surface area (Å²) in [5.41, 5.74) is 0. The molecule has 1 saturated heterocycles. The van der Waals surface area contributed by atoms with Crippen LogP contribution in [0.5, 0.6) is 0 Å². The average molecular weight is 258 g/mol. The zero-order valence-corrected chi connectivity index (χ0v) is 12.5. The van der Waals surface area contributed by atoms with Gasteiger partial charge in [-0.05, 0) is 37.7 Å². The van der Waals surface area contributed by atoms with E-state index in [0.717, 1.165) is 17.9 Å². The third-order valence-electron chi connectivity index (χ3n) is 3.34. The molecule has 1 heterocycles. The molecule has 3 unspecified atom stereocenters. The van der Waals surface area contributed by atoms with Crippen molar-refractivity contribution in [1.29, 1.82) is 0 Å². The molecule has 0 aromatic rings. The van der Waals surface area contributed by atoms with Gasteiger partial charge in [-0.15, -0.1) is 0 Å². The Balaban J connectivity index is 2.61. The number of hydrogen-bond donors (Lipinski definition) is 1. The lowest BCUT2D eigenvalue weighted by molar-refractivity contribution is -0.132. The lowest BCUT2D eigenvalue weighted by Gasteiger charge is -2.32. The molecule has 0 radical (unpaired) electrons. The molecule has 1 aliphatic rings. The van der Waals surface area contributed by atoms with Crippen molar-refractivity contribution in [2.45, 2.75) is 59.3 Å². The number of nitrogens with zero attached hydrogens (tertiary/aromatic N) is 1. The van der Waals surface area contributed by atoms with E-state index in [4.69, 9.17) is 0 Å². The third kappa shape index (κ3) is 3.62. The monoisotopic (exact) mass is 258 g/mol. The molecular weight excluding hydrogens is 232 g/mol. The summed E-state index contributed by atoms with van der Waals surface area (Å²) in [6.45, 7) is 10.7. The summed E-state index contributed by atoms with van der Waals surface area (Å²) < 4.78 is 0. The van der Waals surface area contributed by atoms with Crippen LogP contribution in [0.25, 0.3) is 0 Å². The maximum absolute atomic E-state index is 12.2. The lowest BCUT2D eigenvalue weighted by atomic mass is 10.1. The van der Waals surface area contributed by atoms with E-state index in [1.54, 1.807) is 0 Å². The van der Waals surface area contributed by atoms with Gasteiger partial charge in [0.2, 0.25) is 5.91 Å². The van der Waals surface area contributed by atoms with Crippen molar-refractivity contribution in [3.8, 4) is 0 Å². The van der Waals surface area contributed by atoms with Crippen LogP contribution in [0.2, 0.25) is 0 Å². The fraction of sp³-hybridized carbons (Fsp3) is 0.923. The molecule has 3 atom stereocenters. The van der Waals surface area contributed by atoms with E-state index < -0.39 is 0 Å². The van der Waals surface area contributed by atoms with Crippen LogP contribution in [0.15, 0.2) is 0 Å². The van der Waals surface area contributed by atoms with Crippen molar-refractivity contribution < 1.29 is 4.79 Å². The van der Waals surface area contributed by atoms with Gasteiger partial charge in [-0.2, -0.15) is 11.8 Å². The summed E-state index contributed by atoms with van der Waals surface area (Å²) in [6, 6.07) is 0.315. The fourth-order valence-electron chi connectivity index (χ4n) is 2.31. The Morgan fingerprint density at radius 2 is 2.06 bits per heavy atom. The minimum Gasteiger partial charge on any atom is -0.323 e. The second-order valence-electron chi connectivity index (χ2n) is 5.16. The van der Waals surface area contributed by atoms with Gasteiger partial charge in [0.1, 0.15) is 0 Å². The van der Waals surface area contributed by atoms with Gasteiger partial charge in [-0.25, -0.2) is 0 Å². The van der Waals surface area contributed by atoms with Crippen LogP contribution < -0.4 is 5.32 Å². The Morgan fingerprint density at radius 3 is 2.59 bits per heavy atom. The highest BCUT2D eigenvalue weighted by atomic mass is 32.2. The molecule has 0 aromatic carbocycles. The highest BCUT2D eigenvalue weighted by Gasteiger charge is 2.39. The van der Waals surface area contributed by atoms with Crippen molar-refractivity contribution in [3.63, 3.8) is 0 Å². The van der Waals surface area contributed by atoms with Gasteiger partial charge in [0.25, 0.3) is 0 Å². The zero-order valence-electron chi connectivity index (χ0n) is 11.7. The van der Waals surface area contributed by atoms with E-state index >= 15 is 0 Å². The largest absolute Gasteiger partial charge is 0.323 e. The smallest absolute Gasteiger partial charge is 0.240 e. The summed E-state index contributed by atoms with van der Waals surface area (Å²) in [7, 11) is 0. The van der Waals surface area contributed by atoms with Gasteiger partial charge >= 0.3 is 0 Å². The normalized spacial score (nSPS) is 26.9. The van der Waals surface area contributed by atoms with Crippen LogP contribution in [0.4, 0.5) is 0 Å². The number of thioether (sulfide) groups is 1. The first-order chi connectivity index (χ1) is 7.99. The van der Waals surface area contributed by atoms with Crippen LogP contribution in [0, 0.1) is 5.92 Å². The molecule has 0 saturated carbocycles. The Labute approximate surface area is 110 Å². The maximum Gasteiger partial charge on any atom is 0.240 e. The number of carbonyl (C=O) groups is 1. The molecule has 0 spiro atoms. The molecule has 1 rings (SSSR count). The molecular formula is C13H26N2OS. The lowest BCUT2D eigenvalue weighted by Crippen LogP contribution is -2.46. The molecule has 0 aromatic heterocycles. The molecule has 1 N–H and O–H groups in total. The zero-order chi connectivity index (χ0) is 13.0. The first-order valence-electron chi connectivity index (χ1n) is 6.65. The Kier molecular flexibility index (Phi) is 5.80. The molecule has 1 aliphatic heterocycles. The van der Waals surface area contributed by atoms with E-state index in [-0.39, 0.29) is 18.1 Å². The van der Waals surface area contributed by atoms with E-state index in [9.17, 15) is 4.79 Å². The molecule has 17 heavy (non-hydrogen) atoms. The minimum absolute atomic E-state index is 0.0244. The van der Waals surface area contributed by atoms with E-state index in [2.05, 4.69) is 37.9 Å². The molecule has 0 aliphatic carbocycles. The van der Waals surface area contributed by atoms with Crippen molar-refractivity contribution in [2.75, 3.05) is 11.5 Å². The standard InChI is InChI=1S/C13H26N2OS/c1-6-17-8-7-10(4)15-12(9(2)3)14-11(5)13(15)16/h9-12,14H,6-8H2,1-5H3. The van der Waals surface area contributed by atoms with Crippen LogP contribution in [0.3, 0.4) is 0 Å². The number of nitrogens with one attached hydrogen (secondary N) is 1. The van der Waals surface area contributed by atoms with Crippen molar-refractivity contribution >= 4 is 17.7 Å². The highest BCUT2D eigenvalue weighted by molar-refractivity contribution is 7.99. The highest BCUT2D eigenvalue weighted by Crippen LogP contribution is 2.22. The minimum atomic E-state index is -0.0244. The van der Waals surface area contributed by atoms with E-state index in [0.29, 0.717) is 12.0 Å². The van der Waals surface area contributed by atoms with E-state index in [1.165, 1.54) is 0 Å². The number of carbonyl (C=O) groups excluding carboxylic acids is 1. The van der Waals surface area contributed by atoms with Gasteiger partial charge < -0.3 is 4.90 Å². The molecule has 3 nitrogen and oxygen atoms in total. The van der Waals surface area contributed by atoms with Crippen molar-refractivity contribution in [2.24, 2.45) is 5.92 Å². The summed E-state index contributed by atoms with van der Waals surface area (Å²) in [6.07, 6.45) is 1.29. The summed E-state index contributed by atoms with van der Waals surface area (Å²) in [4.78, 5) is 14.2. The Bertz CT molecular complexity index is 258. The molecule has 0 bridgehead atoms. The van der Waals surface area contributed by atoms with Crippen LogP contribution >= 0.6 is 11.8 Å². The molecule has 1 fully saturated rings. The van der Waals surface area contributed by atoms with Gasteiger partial charge in [-0.3, -0.25) is 10.1 Å². The summed E-state index contributed by atoms with van der Waals surface area (Å²) >= 11 is 1.95. The number of rotatable bonds is 6. The number of amides is 1. The van der Waals surface area contributed by atoms with Crippen LogP contribution in [0.1, 0.15) is 41.0 Å². The molecule has 100 valence electrons. The predicted octanol–water partition coefficient (Wildman–Crippen LogP) is 2.32. The molecule has 4 heteroatoms. The molecule has 1 amide bonds. The van der Waals surface area contributed by atoms with Crippen LogP contribution in [-0.4, -0.2) is 40.6 Å². The van der Waals surface area contributed by atoms with Gasteiger partial charge in [-0.1, -0.05) is 20.8 Å². The van der Waals surface area contributed by atoms with Gasteiger partial charge in [0.15, 0.2) is 0 Å². The Morgan fingerprint density at radius 1 is 1.41 bits per heavy atom.